The first kappa shape index (κ1) is 20.7. The number of fused-ring (bicyclic) bond motifs is 1. The molecule has 0 atom stereocenters. The molecule has 8 heteroatoms. The molecule has 2 aromatic heterocycles. The molecule has 0 aliphatic carbocycles. The van der Waals surface area contributed by atoms with Crippen LogP contribution in [0.3, 0.4) is 0 Å². The first-order valence-electron chi connectivity index (χ1n) is 9.62. The Hall–Kier alpha value is -3.52. The molecular formula is C23H23N3O4S. The molecule has 2 heterocycles. The van der Waals surface area contributed by atoms with Crippen LogP contribution in [0.1, 0.15) is 11.1 Å². The van der Waals surface area contributed by atoms with E-state index < -0.39 is 10.0 Å². The highest BCUT2D eigenvalue weighted by Crippen LogP contribution is 2.33. The standard InChI is InChI=1S/C23H23N3O4S/c1-15-6-5-11-26-14-19(24-23(15)26)17-7-9-18(10-8-17)25-31(27,28)22-13-20(29-3)16(2)12-21(22)30-4/h5-14,25H,1-4H3. The van der Waals surface area contributed by atoms with Crippen LogP contribution in [0.4, 0.5) is 5.69 Å². The van der Waals surface area contributed by atoms with Crippen molar-refractivity contribution in [2.45, 2.75) is 18.7 Å². The number of hydrogen-bond donors (Lipinski definition) is 1. The molecule has 31 heavy (non-hydrogen) atoms. The summed E-state index contributed by atoms with van der Waals surface area (Å²) in [6.07, 6.45) is 3.90. The van der Waals surface area contributed by atoms with Crippen molar-refractivity contribution in [1.82, 2.24) is 9.38 Å². The molecule has 0 saturated heterocycles. The van der Waals surface area contributed by atoms with E-state index >= 15 is 0 Å². The Kier molecular flexibility index (Phi) is 5.32. The Balaban J connectivity index is 1.63. The van der Waals surface area contributed by atoms with Crippen LogP contribution in [0.25, 0.3) is 16.9 Å². The van der Waals surface area contributed by atoms with E-state index in [1.54, 1.807) is 18.2 Å². The number of sulfonamides is 1. The van der Waals surface area contributed by atoms with Crippen LogP contribution < -0.4 is 14.2 Å². The summed E-state index contributed by atoms with van der Waals surface area (Å²) in [6, 6.07) is 14.2. The molecule has 0 bridgehead atoms. The van der Waals surface area contributed by atoms with Gasteiger partial charge in [0.25, 0.3) is 10.0 Å². The number of methoxy groups -OCH3 is 2. The fourth-order valence-electron chi connectivity index (χ4n) is 3.44. The summed E-state index contributed by atoms with van der Waals surface area (Å²) in [6.45, 7) is 3.84. The number of pyridine rings is 1. The van der Waals surface area contributed by atoms with E-state index in [1.807, 2.05) is 54.9 Å². The number of aryl methyl sites for hydroxylation is 2. The molecule has 1 N–H and O–H groups in total. The molecule has 0 unspecified atom stereocenters. The summed E-state index contributed by atoms with van der Waals surface area (Å²) in [5, 5.41) is 0. The maximum absolute atomic E-state index is 13.0. The summed E-state index contributed by atoms with van der Waals surface area (Å²) in [7, 11) is -0.949. The van der Waals surface area contributed by atoms with Gasteiger partial charge in [0, 0.05) is 29.7 Å². The van der Waals surface area contributed by atoms with E-state index in [0.717, 1.165) is 28.0 Å². The third-order valence-corrected chi connectivity index (χ3v) is 6.48. The summed E-state index contributed by atoms with van der Waals surface area (Å²) >= 11 is 0. The number of aromatic nitrogens is 2. The molecule has 7 nitrogen and oxygen atoms in total. The van der Waals surface area contributed by atoms with Crippen LogP contribution >= 0.6 is 0 Å². The van der Waals surface area contributed by atoms with Crippen molar-refractivity contribution in [3.8, 4) is 22.8 Å². The first-order valence-corrected chi connectivity index (χ1v) is 11.1. The van der Waals surface area contributed by atoms with Gasteiger partial charge in [0.2, 0.25) is 0 Å². The third-order valence-electron chi connectivity index (χ3n) is 5.08. The van der Waals surface area contributed by atoms with Crippen LogP contribution in [0.5, 0.6) is 11.5 Å². The van der Waals surface area contributed by atoms with Gasteiger partial charge >= 0.3 is 0 Å². The molecule has 4 aromatic rings. The normalized spacial score (nSPS) is 11.5. The summed E-state index contributed by atoms with van der Waals surface area (Å²) < 4.78 is 41.1. The number of imidazole rings is 1. The Bertz CT molecular complexity index is 1360. The van der Waals surface area contributed by atoms with Gasteiger partial charge in [-0.25, -0.2) is 13.4 Å². The van der Waals surface area contributed by atoms with Gasteiger partial charge in [-0.15, -0.1) is 0 Å². The highest BCUT2D eigenvalue weighted by atomic mass is 32.2. The third kappa shape index (κ3) is 3.94. The Morgan fingerprint density at radius 3 is 2.29 bits per heavy atom. The van der Waals surface area contributed by atoms with E-state index in [0.29, 0.717) is 11.4 Å². The first-order chi connectivity index (χ1) is 14.8. The minimum atomic E-state index is -3.88. The second-order valence-corrected chi connectivity index (χ2v) is 8.85. The molecule has 2 aromatic carbocycles. The van der Waals surface area contributed by atoms with E-state index in [9.17, 15) is 8.42 Å². The lowest BCUT2D eigenvalue weighted by atomic mass is 10.1. The number of hydrogen-bond acceptors (Lipinski definition) is 5. The van der Waals surface area contributed by atoms with Crippen molar-refractivity contribution in [2.75, 3.05) is 18.9 Å². The zero-order valence-electron chi connectivity index (χ0n) is 17.7. The largest absolute Gasteiger partial charge is 0.496 e. The van der Waals surface area contributed by atoms with Gasteiger partial charge in [-0.3, -0.25) is 4.72 Å². The van der Waals surface area contributed by atoms with Crippen molar-refractivity contribution in [1.29, 1.82) is 0 Å². The second-order valence-electron chi connectivity index (χ2n) is 7.20. The molecule has 4 rings (SSSR count). The average Bonchev–Trinajstić information content (AvgIpc) is 3.19. The van der Waals surface area contributed by atoms with Crippen LogP contribution in [0.15, 0.2) is 65.8 Å². The lowest BCUT2D eigenvalue weighted by molar-refractivity contribution is 0.390. The molecule has 0 fully saturated rings. The number of benzene rings is 2. The van der Waals surface area contributed by atoms with Crippen LogP contribution in [0.2, 0.25) is 0 Å². The average molecular weight is 438 g/mol. The fourth-order valence-corrected chi connectivity index (χ4v) is 4.67. The number of nitrogens with one attached hydrogen (secondary N) is 1. The summed E-state index contributed by atoms with van der Waals surface area (Å²) in [5.41, 5.74) is 4.90. The van der Waals surface area contributed by atoms with Crippen LogP contribution in [0, 0.1) is 13.8 Å². The van der Waals surface area contributed by atoms with E-state index in [-0.39, 0.29) is 10.6 Å². The number of nitrogens with zero attached hydrogens (tertiary/aromatic N) is 2. The molecule has 0 radical (unpaired) electrons. The van der Waals surface area contributed by atoms with Crippen molar-refractivity contribution < 1.29 is 17.9 Å². The minimum absolute atomic E-state index is 0.0114. The smallest absolute Gasteiger partial charge is 0.265 e. The van der Waals surface area contributed by atoms with Crippen molar-refractivity contribution in [3.63, 3.8) is 0 Å². The minimum Gasteiger partial charge on any atom is -0.496 e. The maximum atomic E-state index is 13.0. The van der Waals surface area contributed by atoms with Crippen LogP contribution in [-0.2, 0) is 10.0 Å². The molecule has 0 aliphatic heterocycles. The van der Waals surface area contributed by atoms with Gasteiger partial charge in [0.1, 0.15) is 22.0 Å². The summed E-state index contributed by atoms with van der Waals surface area (Å²) in [4.78, 5) is 4.69. The fraction of sp³-hybridized carbons (Fsp3) is 0.174. The van der Waals surface area contributed by atoms with E-state index in [4.69, 9.17) is 9.47 Å². The van der Waals surface area contributed by atoms with Gasteiger partial charge in [0.05, 0.1) is 19.9 Å². The quantitative estimate of drug-likeness (QED) is 0.482. The Labute approximate surface area is 181 Å². The SMILES string of the molecule is COc1cc(S(=O)(=O)Nc2ccc(-c3cn4cccc(C)c4n3)cc2)c(OC)cc1C. The van der Waals surface area contributed by atoms with Crippen LogP contribution in [-0.4, -0.2) is 32.0 Å². The zero-order valence-corrected chi connectivity index (χ0v) is 18.5. The highest BCUT2D eigenvalue weighted by Gasteiger charge is 2.22. The van der Waals surface area contributed by atoms with E-state index in [2.05, 4.69) is 9.71 Å². The lowest BCUT2D eigenvalue weighted by Crippen LogP contribution is -2.14. The van der Waals surface area contributed by atoms with Crippen molar-refractivity contribution in [3.05, 3.63) is 72.1 Å². The topological polar surface area (TPSA) is 81.9 Å². The Morgan fingerprint density at radius 1 is 0.935 bits per heavy atom. The molecule has 0 aliphatic rings. The molecule has 0 amide bonds. The molecule has 0 spiro atoms. The maximum Gasteiger partial charge on any atom is 0.265 e. The molecular weight excluding hydrogens is 414 g/mol. The predicted octanol–water partition coefficient (Wildman–Crippen LogP) is 4.44. The van der Waals surface area contributed by atoms with E-state index in [1.165, 1.54) is 20.3 Å². The summed E-state index contributed by atoms with van der Waals surface area (Å²) in [5.74, 6) is 0.723. The van der Waals surface area contributed by atoms with Gasteiger partial charge in [-0.2, -0.15) is 0 Å². The second kappa shape index (κ2) is 7.96. The number of anilines is 1. The molecule has 160 valence electrons. The molecule has 0 saturated carbocycles. The number of rotatable bonds is 6. The Morgan fingerprint density at radius 2 is 1.65 bits per heavy atom. The van der Waals surface area contributed by atoms with Crippen molar-refractivity contribution in [2.24, 2.45) is 0 Å². The van der Waals surface area contributed by atoms with Crippen molar-refractivity contribution >= 4 is 21.4 Å². The van der Waals surface area contributed by atoms with Gasteiger partial charge < -0.3 is 13.9 Å². The van der Waals surface area contributed by atoms with Gasteiger partial charge in [-0.05, 0) is 49.2 Å². The van der Waals surface area contributed by atoms with Gasteiger partial charge in [0.15, 0.2) is 0 Å². The van der Waals surface area contributed by atoms with Gasteiger partial charge in [-0.1, -0.05) is 18.2 Å². The monoisotopic (exact) mass is 437 g/mol. The predicted molar refractivity (Wildman–Crippen MR) is 120 cm³/mol. The number of ether oxygens (including phenoxy) is 2. The zero-order chi connectivity index (χ0) is 22.2. The lowest BCUT2D eigenvalue weighted by Gasteiger charge is -2.14. The highest BCUT2D eigenvalue weighted by molar-refractivity contribution is 7.92.